The Hall–Kier alpha value is -2.42. The summed E-state index contributed by atoms with van der Waals surface area (Å²) >= 11 is 6.33. The number of halogens is 1. The van der Waals surface area contributed by atoms with Gasteiger partial charge in [0.15, 0.2) is 16.3 Å². The fraction of sp³-hybridized carbons (Fsp3) is 0.476. The summed E-state index contributed by atoms with van der Waals surface area (Å²) < 4.78 is 12.5. The van der Waals surface area contributed by atoms with E-state index in [1.807, 2.05) is 13.8 Å². The maximum Gasteiger partial charge on any atom is 0.341 e. The predicted molar refractivity (Wildman–Crippen MR) is 111 cm³/mol. The number of carboxylic acid groups (broad SMARTS) is 1. The van der Waals surface area contributed by atoms with Crippen LogP contribution in [0.3, 0.4) is 0 Å². The quantitative estimate of drug-likeness (QED) is 0.483. The zero-order chi connectivity index (χ0) is 22.1. The number of nitrogens with zero attached hydrogens (tertiary/aromatic N) is 2. The molecule has 0 radical (unpaired) electrons. The topological polar surface area (TPSA) is 111 Å². The van der Waals surface area contributed by atoms with E-state index in [0.29, 0.717) is 43.2 Å². The first-order chi connectivity index (χ1) is 14.2. The number of ether oxygens (including phenoxy) is 2. The van der Waals surface area contributed by atoms with Crippen LogP contribution in [0.2, 0.25) is 5.15 Å². The minimum absolute atomic E-state index is 0.123. The Morgan fingerprint density at radius 2 is 2.10 bits per heavy atom. The van der Waals surface area contributed by atoms with Gasteiger partial charge in [-0.25, -0.2) is 9.78 Å². The Kier molecular flexibility index (Phi) is 6.50. The molecule has 2 aromatic rings. The number of carbonyl (C=O) groups is 1. The second kappa shape index (κ2) is 8.75. The van der Waals surface area contributed by atoms with E-state index in [2.05, 4.69) is 4.98 Å². The van der Waals surface area contributed by atoms with Crippen molar-refractivity contribution in [2.45, 2.75) is 32.7 Å². The molecule has 0 amide bonds. The van der Waals surface area contributed by atoms with Gasteiger partial charge in [-0.15, -0.1) is 0 Å². The normalized spacial score (nSPS) is 15.4. The molecule has 0 fully saturated rings. The number of pyridine rings is 2. The summed E-state index contributed by atoms with van der Waals surface area (Å²) in [4.78, 5) is 28.3. The minimum Gasteiger partial charge on any atom is -0.490 e. The number of hydrogen-bond acceptors (Lipinski definition) is 6. The highest BCUT2D eigenvalue weighted by Crippen LogP contribution is 2.43. The molecule has 30 heavy (non-hydrogen) atoms. The second-order valence-electron chi connectivity index (χ2n) is 8.00. The average Bonchev–Trinajstić information content (AvgIpc) is 2.70. The Labute approximate surface area is 179 Å². The fourth-order valence-corrected chi connectivity index (χ4v) is 3.79. The highest BCUT2D eigenvalue weighted by Gasteiger charge is 2.37. The smallest absolute Gasteiger partial charge is 0.341 e. The van der Waals surface area contributed by atoms with Crippen LogP contribution in [-0.2, 0) is 11.2 Å². The molecule has 1 unspecified atom stereocenters. The molecule has 0 aromatic carbocycles. The van der Waals surface area contributed by atoms with Crippen LogP contribution in [0, 0.1) is 5.41 Å². The van der Waals surface area contributed by atoms with Crippen LogP contribution in [0.15, 0.2) is 23.1 Å². The fourth-order valence-electron chi connectivity index (χ4n) is 3.60. The summed E-state index contributed by atoms with van der Waals surface area (Å²) in [6.07, 6.45) is 2.49. The van der Waals surface area contributed by atoms with E-state index < -0.39 is 16.8 Å². The van der Waals surface area contributed by atoms with E-state index >= 15 is 0 Å². The molecule has 0 saturated heterocycles. The largest absolute Gasteiger partial charge is 0.490 e. The van der Waals surface area contributed by atoms with Crippen molar-refractivity contribution in [3.8, 4) is 17.1 Å². The molecular formula is C21H25ClN2O6. The first kappa shape index (κ1) is 22.3. The van der Waals surface area contributed by atoms with Gasteiger partial charge in [0.2, 0.25) is 0 Å². The summed E-state index contributed by atoms with van der Waals surface area (Å²) in [5.41, 5.74) is 0.255. The van der Waals surface area contributed by atoms with Crippen LogP contribution < -0.4 is 10.2 Å². The maximum atomic E-state index is 12.4. The van der Waals surface area contributed by atoms with Gasteiger partial charge in [-0.2, -0.15) is 0 Å². The molecule has 3 rings (SSSR count). The molecule has 9 heteroatoms. The van der Waals surface area contributed by atoms with Crippen LogP contribution in [0.1, 0.15) is 42.2 Å². The Balaban J connectivity index is 2.12. The van der Waals surface area contributed by atoms with E-state index in [-0.39, 0.29) is 23.4 Å². The lowest BCUT2D eigenvalue weighted by atomic mass is 9.79. The van der Waals surface area contributed by atoms with Crippen molar-refractivity contribution in [3.63, 3.8) is 0 Å². The van der Waals surface area contributed by atoms with Crippen LogP contribution in [0.4, 0.5) is 0 Å². The van der Waals surface area contributed by atoms with Gasteiger partial charge in [-0.3, -0.25) is 4.79 Å². The van der Waals surface area contributed by atoms with Gasteiger partial charge in [0.05, 0.1) is 24.6 Å². The maximum absolute atomic E-state index is 12.4. The SMILES string of the molecule is COCCCOc1cc2c(nc1Cl)-c1cc(=O)c(C(=O)O)cn1C(C(C)(C)CO)C2. The summed E-state index contributed by atoms with van der Waals surface area (Å²) in [6.45, 7) is 4.62. The van der Waals surface area contributed by atoms with Gasteiger partial charge in [0, 0.05) is 43.9 Å². The first-order valence-electron chi connectivity index (χ1n) is 9.61. The molecule has 3 heterocycles. The third-order valence-corrected chi connectivity index (χ3v) is 5.66. The average molecular weight is 437 g/mol. The molecule has 0 bridgehead atoms. The number of carboxylic acids is 1. The van der Waals surface area contributed by atoms with Gasteiger partial charge in [0.25, 0.3) is 0 Å². The highest BCUT2D eigenvalue weighted by atomic mass is 35.5. The molecule has 0 spiro atoms. The minimum atomic E-state index is -1.30. The number of rotatable bonds is 8. The monoisotopic (exact) mass is 436 g/mol. The van der Waals surface area contributed by atoms with E-state index in [1.165, 1.54) is 12.3 Å². The molecule has 8 nitrogen and oxygen atoms in total. The Bertz CT molecular complexity index is 1020. The van der Waals surface area contributed by atoms with Crippen molar-refractivity contribution in [2.75, 3.05) is 26.9 Å². The summed E-state index contributed by atoms with van der Waals surface area (Å²) in [5, 5.41) is 19.5. The molecule has 2 aromatic heterocycles. The molecular weight excluding hydrogens is 412 g/mol. The number of methoxy groups -OCH3 is 1. The zero-order valence-electron chi connectivity index (χ0n) is 17.1. The lowest BCUT2D eigenvalue weighted by Gasteiger charge is -2.39. The van der Waals surface area contributed by atoms with E-state index in [0.717, 1.165) is 5.56 Å². The van der Waals surface area contributed by atoms with Crippen molar-refractivity contribution in [1.82, 2.24) is 9.55 Å². The molecule has 1 aliphatic heterocycles. The van der Waals surface area contributed by atoms with E-state index in [9.17, 15) is 19.8 Å². The molecule has 0 aliphatic carbocycles. The molecule has 1 aliphatic rings. The molecule has 2 N–H and O–H groups in total. The highest BCUT2D eigenvalue weighted by molar-refractivity contribution is 6.31. The number of aliphatic hydroxyl groups is 1. The Morgan fingerprint density at radius 1 is 1.37 bits per heavy atom. The van der Waals surface area contributed by atoms with Gasteiger partial charge in [-0.1, -0.05) is 25.4 Å². The van der Waals surface area contributed by atoms with Crippen LogP contribution in [-0.4, -0.2) is 52.7 Å². The number of fused-ring (bicyclic) bond motifs is 3. The molecule has 162 valence electrons. The van der Waals surface area contributed by atoms with Crippen molar-refractivity contribution < 1.29 is 24.5 Å². The predicted octanol–water partition coefficient (Wildman–Crippen LogP) is 2.79. The van der Waals surface area contributed by atoms with Crippen LogP contribution in [0.5, 0.6) is 5.75 Å². The first-order valence-corrected chi connectivity index (χ1v) is 9.99. The number of hydrogen-bond donors (Lipinski definition) is 2. The third kappa shape index (κ3) is 4.21. The van der Waals surface area contributed by atoms with Gasteiger partial charge in [0.1, 0.15) is 5.56 Å². The second-order valence-corrected chi connectivity index (χ2v) is 8.35. The van der Waals surface area contributed by atoms with Crippen molar-refractivity contribution in [1.29, 1.82) is 0 Å². The lowest BCUT2D eigenvalue weighted by molar-refractivity contribution is 0.0691. The van der Waals surface area contributed by atoms with Gasteiger partial charge in [-0.05, 0) is 18.1 Å². The summed E-state index contributed by atoms with van der Waals surface area (Å²) in [5.74, 6) is -0.863. The van der Waals surface area contributed by atoms with E-state index in [1.54, 1.807) is 17.7 Å². The third-order valence-electron chi connectivity index (χ3n) is 5.38. The van der Waals surface area contributed by atoms with Crippen molar-refractivity contribution in [2.24, 2.45) is 5.41 Å². The molecule has 1 atom stereocenters. The Morgan fingerprint density at radius 3 is 2.73 bits per heavy atom. The summed E-state index contributed by atoms with van der Waals surface area (Å²) in [6, 6.07) is 2.77. The zero-order valence-corrected chi connectivity index (χ0v) is 17.9. The number of aromatic carboxylic acids is 1. The summed E-state index contributed by atoms with van der Waals surface area (Å²) in [7, 11) is 1.62. The van der Waals surface area contributed by atoms with Gasteiger partial charge >= 0.3 is 5.97 Å². The molecule has 0 saturated carbocycles. The van der Waals surface area contributed by atoms with E-state index in [4.69, 9.17) is 21.1 Å². The van der Waals surface area contributed by atoms with Gasteiger partial charge < -0.3 is 24.3 Å². The van der Waals surface area contributed by atoms with Crippen LogP contribution >= 0.6 is 11.6 Å². The number of aromatic nitrogens is 2. The standard InChI is InChI=1S/C21H25ClN2O6/c1-21(2,11-25)17-8-12-7-16(30-6-4-5-29-3)19(22)23-18(12)14-9-15(26)13(20(27)28)10-24(14)17/h7,9-10,17,25H,4-6,8,11H2,1-3H3,(H,27,28). The lowest BCUT2D eigenvalue weighted by Crippen LogP contribution is -2.36. The van der Waals surface area contributed by atoms with Crippen molar-refractivity contribution >= 4 is 17.6 Å². The van der Waals surface area contributed by atoms with Crippen molar-refractivity contribution in [3.05, 3.63) is 44.8 Å². The number of aliphatic hydroxyl groups excluding tert-OH is 1. The van der Waals surface area contributed by atoms with Crippen LogP contribution in [0.25, 0.3) is 11.4 Å².